The Morgan fingerprint density at radius 3 is 2.24 bits per heavy atom. The Kier molecular flexibility index (Phi) is 6.25. The lowest BCUT2D eigenvalue weighted by Crippen LogP contribution is -2.17. The lowest BCUT2D eigenvalue weighted by Gasteiger charge is -2.24. The molecule has 0 amide bonds. The van der Waals surface area contributed by atoms with Crippen molar-refractivity contribution in [3.63, 3.8) is 0 Å². The van der Waals surface area contributed by atoms with Gasteiger partial charge in [-0.05, 0) is 32.0 Å². The summed E-state index contributed by atoms with van der Waals surface area (Å²) < 4.78 is 60.8. The molecule has 0 aromatic heterocycles. The van der Waals surface area contributed by atoms with E-state index in [1.807, 2.05) is 0 Å². The maximum Gasteiger partial charge on any atom is 0.416 e. The van der Waals surface area contributed by atoms with Crippen LogP contribution in [0, 0.1) is 0 Å². The van der Waals surface area contributed by atoms with Crippen LogP contribution in [-0.2, 0) is 19.8 Å². The molecule has 0 unspecified atom stereocenters. The van der Waals surface area contributed by atoms with E-state index in [0.29, 0.717) is 0 Å². The molecule has 0 aliphatic carbocycles. The number of alkyl halides is 3. The Morgan fingerprint density at radius 1 is 1.29 bits per heavy atom. The summed E-state index contributed by atoms with van der Waals surface area (Å²) in [6.07, 6.45) is -4.56. The van der Waals surface area contributed by atoms with Crippen molar-refractivity contribution in [1.29, 1.82) is 0 Å². The first-order chi connectivity index (χ1) is 9.65. The van der Waals surface area contributed by atoms with E-state index in [-0.39, 0.29) is 23.8 Å². The highest BCUT2D eigenvalue weighted by Gasteiger charge is 2.37. The van der Waals surface area contributed by atoms with Crippen molar-refractivity contribution in [2.45, 2.75) is 25.8 Å². The first kappa shape index (κ1) is 18.5. The minimum Gasteiger partial charge on any atom is -0.314 e. The molecule has 0 radical (unpaired) electrons. The van der Waals surface area contributed by atoms with Crippen molar-refractivity contribution in [1.82, 2.24) is 0 Å². The fraction of sp³-hybridized carbons (Fsp3) is 0.500. The fourth-order valence-electron chi connectivity index (χ4n) is 1.67. The summed E-state index contributed by atoms with van der Waals surface area (Å²) in [4.78, 5) is 0. The molecule has 0 saturated carbocycles. The highest BCUT2D eigenvalue weighted by molar-refractivity contribution is 7.54. The Hall–Kier alpha value is -0.590. The average molecular weight is 346 g/mol. The molecule has 1 aromatic rings. The van der Waals surface area contributed by atoms with Crippen LogP contribution in [0.2, 0.25) is 5.02 Å². The molecule has 9 heteroatoms. The summed E-state index contributed by atoms with van der Waals surface area (Å²) in [6, 6.07) is 2.64. The standard InChI is InChI=1S/C12H16ClF3NO3P/c1-3-19-21(18,20-4-2)11(17)9-7-8(12(14,15)16)5-6-10(9)13/h5-7,11H,3-4,17H2,1-2H3/t11-/m1/s1. The molecule has 0 fully saturated rings. The highest BCUT2D eigenvalue weighted by atomic mass is 35.5. The Balaban J connectivity index is 3.27. The maximum absolute atomic E-state index is 12.7. The van der Waals surface area contributed by atoms with E-state index in [1.54, 1.807) is 13.8 Å². The molecule has 120 valence electrons. The molecule has 1 atom stereocenters. The second-order valence-corrected chi connectivity index (χ2v) is 6.61. The Bertz CT molecular complexity index is 529. The second-order valence-electron chi connectivity index (χ2n) is 4.05. The van der Waals surface area contributed by atoms with E-state index in [9.17, 15) is 17.7 Å². The van der Waals surface area contributed by atoms with E-state index >= 15 is 0 Å². The van der Waals surface area contributed by atoms with Crippen LogP contribution in [0.15, 0.2) is 18.2 Å². The molecule has 21 heavy (non-hydrogen) atoms. The Labute approximate surface area is 125 Å². The number of hydrogen-bond donors (Lipinski definition) is 1. The smallest absolute Gasteiger partial charge is 0.314 e. The van der Waals surface area contributed by atoms with Crippen molar-refractivity contribution in [3.05, 3.63) is 34.3 Å². The van der Waals surface area contributed by atoms with Gasteiger partial charge in [-0.3, -0.25) is 4.57 Å². The van der Waals surface area contributed by atoms with Gasteiger partial charge in [-0.25, -0.2) is 0 Å². The van der Waals surface area contributed by atoms with Crippen molar-refractivity contribution < 1.29 is 26.8 Å². The van der Waals surface area contributed by atoms with E-state index < -0.39 is 25.1 Å². The zero-order valence-electron chi connectivity index (χ0n) is 11.5. The molecule has 0 bridgehead atoms. The van der Waals surface area contributed by atoms with Gasteiger partial charge >= 0.3 is 13.8 Å². The lowest BCUT2D eigenvalue weighted by molar-refractivity contribution is -0.137. The predicted octanol–water partition coefficient (Wildman–Crippen LogP) is 4.58. The quantitative estimate of drug-likeness (QED) is 0.766. The minimum absolute atomic E-state index is 0.0323. The van der Waals surface area contributed by atoms with Crippen LogP contribution >= 0.6 is 19.2 Å². The van der Waals surface area contributed by atoms with Gasteiger partial charge in [0.05, 0.1) is 18.8 Å². The first-order valence-electron chi connectivity index (χ1n) is 6.16. The van der Waals surface area contributed by atoms with E-state index in [0.717, 1.165) is 18.2 Å². The molecule has 0 aliphatic heterocycles. The normalized spacial score (nSPS) is 14.2. The summed E-state index contributed by atoms with van der Waals surface area (Å²) >= 11 is 5.87. The van der Waals surface area contributed by atoms with Gasteiger partial charge in [-0.1, -0.05) is 11.6 Å². The Morgan fingerprint density at radius 2 is 1.81 bits per heavy atom. The van der Waals surface area contributed by atoms with Crippen LogP contribution in [0.3, 0.4) is 0 Å². The molecule has 1 rings (SSSR count). The summed E-state index contributed by atoms with van der Waals surface area (Å²) in [5.74, 6) is -1.40. The molecule has 0 saturated heterocycles. The van der Waals surface area contributed by atoms with Crippen LogP contribution in [0.5, 0.6) is 0 Å². The van der Waals surface area contributed by atoms with Gasteiger partial charge in [0.1, 0.15) is 5.78 Å². The molecule has 0 heterocycles. The number of benzene rings is 1. The van der Waals surface area contributed by atoms with Gasteiger partial charge in [0.25, 0.3) is 0 Å². The third kappa shape index (κ3) is 4.44. The SMILES string of the molecule is CCOP(=O)(OCC)[C@@H](N)c1cc(C(F)(F)F)ccc1Cl. The second kappa shape index (κ2) is 7.11. The largest absolute Gasteiger partial charge is 0.416 e. The van der Waals surface area contributed by atoms with Crippen LogP contribution in [-0.4, -0.2) is 13.2 Å². The third-order valence-electron chi connectivity index (χ3n) is 2.60. The zero-order chi connectivity index (χ0) is 16.3. The maximum atomic E-state index is 12.7. The summed E-state index contributed by atoms with van der Waals surface area (Å²) in [6.45, 7) is 3.24. The van der Waals surface area contributed by atoms with Crippen LogP contribution in [0.25, 0.3) is 0 Å². The molecule has 0 spiro atoms. The van der Waals surface area contributed by atoms with Gasteiger partial charge in [-0.2, -0.15) is 13.2 Å². The van der Waals surface area contributed by atoms with Gasteiger partial charge in [0.15, 0.2) is 0 Å². The first-order valence-corrected chi connectivity index (χ1v) is 8.15. The van der Waals surface area contributed by atoms with Crippen molar-refractivity contribution >= 4 is 19.2 Å². The molecule has 1 aromatic carbocycles. The van der Waals surface area contributed by atoms with Crippen LogP contribution in [0.1, 0.15) is 30.8 Å². The molecule has 4 nitrogen and oxygen atoms in total. The fourth-order valence-corrected chi connectivity index (χ4v) is 3.66. The van der Waals surface area contributed by atoms with Crippen LogP contribution < -0.4 is 5.73 Å². The van der Waals surface area contributed by atoms with Crippen molar-refractivity contribution in [2.75, 3.05) is 13.2 Å². The van der Waals surface area contributed by atoms with Crippen molar-refractivity contribution in [3.8, 4) is 0 Å². The number of nitrogens with two attached hydrogens (primary N) is 1. The highest BCUT2D eigenvalue weighted by Crippen LogP contribution is 2.59. The minimum atomic E-state index is -4.56. The summed E-state index contributed by atoms with van der Waals surface area (Å²) in [5, 5.41) is -0.0323. The van der Waals surface area contributed by atoms with Gasteiger partial charge in [0.2, 0.25) is 0 Å². The van der Waals surface area contributed by atoms with Gasteiger partial charge in [-0.15, -0.1) is 0 Å². The molecule has 2 N–H and O–H groups in total. The molecular weight excluding hydrogens is 330 g/mol. The third-order valence-corrected chi connectivity index (χ3v) is 5.14. The topological polar surface area (TPSA) is 61.5 Å². The lowest BCUT2D eigenvalue weighted by atomic mass is 10.1. The monoisotopic (exact) mass is 345 g/mol. The van der Waals surface area contributed by atoms with E-state index in [4.69, 9.17) is 26.4 Å². The number of hydrogen-bond acceptors (Lipinski definition) is 4. The van der Waals surface area contributed by atoms with Crippen molar-refractivity contribution in [2.24, 2.45) is 5.73 Å². The van der Waals surface area contributed by atoms with Crippen LogP contribution in [0.4, 0.5) is 13.2 Å². The summed E-state index contributed by atoms with van der Waals surface area (Å²) in [7, 11) is -3.81. The average Bonchev–Trinajstić information content (AvgIpc) is 2.37. The number of rotatable bonds is 6. The zero-order valence-corrected chi connectivity index (χ0v) is 13.1. The number of halogens is 4. The molecule has 0 aliphatic rings. The van der Waals surface area contributed by atoms with Gasteiger partial charge in [0, 0.05) is 10.6 Å². The van der Waals surface area contributed by atoms with Gasteiger partial charge < -0.3 is 14.8 Å². The molecular formula is C12H16ClF3NO3P. The predicted molar refractivity (Wildman–Crippen MR) is 74.2 cm³/mol. The van der Waals surface area contributed by atoms with E-state index in [1.165, 1.54) is 0 Å². The summed E-state index contributed by atoms with van der Waals surface area (Å²) in [5.41, 5.74) is 4.73. The van der Waals surface area contributed by atoms with E-state index in [2.05, 4.69) is 0 Å².